The first kappa shape index (κ1) is 21.3. The van der Waals surface area contributed by atoms with Gasteiger partial charge in [0, 0.05) is 16.5 Å². The van der Waals surface area contributed by atoms with Gasteiger partial charge in [-0.3, -0.25) is 4.79 Å². The minimum absolute atomic E-state index is 0.0425. The van der Waals surface area contributed by atoms with Gasteiger partial charge >= 0.3 is 0 Å². The zero-order valence-corrected chi connectivity index (χ0v) is 18.4. The van der Waals surface area contributed by atoms with Crippen LogP contribution in [0, 0.1) is 6.92 Å². The Kier molecular flexibility index (Phi) is 5.97. The van der Waals surface area contributed by atoms with E-state index in [-0.39, 0.29) is 5.78 Å². The Morgan fingerprint density at radius 3 is 2.31 bits per heavy atom. The number of fused-ring (bicyclic) bond motifs is 1. The largest absolute Gasteiger partial charge is 0.481 e. The van der Waals surface area contributed by atoms with Gasteiger partial charge in [0.05, 0.1) is 18.2 Å². The van der Waals surface area contributed by atoms with Crippen LogP contribution in [0.2, 0.25) is 5.02 Å². The SMILES string of the molecule is COc1ccc2c(-c3ccc(Cl)cc3)c([C@H](OC(C)(C)C)C(C)=O)c(C)cc2n1. The van der Waals surface area contributed by atoms with Crippen LogP contribution in [0.15, 0.2) is 42.5 Å². The van der Waals surface area contributed by atoms with Crippen LogP contribution in [0.25, 0.3) is 22.0 Å². The Hall–Kier alpha value is -2.43. The first-order chi connectivity index (χ1) is 13.6. The standard InChI is InChI=1S/C24H26ClNO3/c1-14-13-19-18(11-12-20(26-19)28-6)22(16-7-9-17(25)10-8-16)21(14)23(15(2)27)29-24(3,4)5/h7-13,23H,1-6H3/t23-/m1/s1. The third kappa shape index (κ3) is 4.60. The van der Waals surface area contributed by atoms with Gasteiger partial charge in [0.1, 0.15) is 6.10 Å². The number of methoxy groups -OCH3 is 1. The second kappa shape index (κ2) is 8.13. The number of pyridine rings is 1. The monoisotopic (exact) mass is 411 g/mol. The summed E-state index contributed by atoms with van der Waals surface area (Å²) >= 11 is 6.12. The quantitative estimate of drug-likeness (QED) is 0.493. The zero-order valence-electron chi connectivity index (χ0n) is 17.7. The van der Waals surface area contributed by atoms with Crippen molar-refractivity contribution in [3.8, 4) is 17.0 Å². The molecule has 0 radical (unpaired) electrons. The van der Waals surface area contributed by atoms with E-state index in [4.69, 9.17) is 21.1 Å². The summed E-state index contributed by atoms with van der Waals surface area (Å²) in [6.07, 6.45) is -0.688. The number of ether oxygens (including phenoxy) is 2. The van der Waals surface area contributed by atoms with Crippen LogP contribution in [0.1, 0.15) is 44.9 Å². The maximum absolute atomic E-state index is 12.7. The lowest BCUT2D eigenvalue weighted by Gasteiger charge is -2.29. The first-order valence-corrected chi connectivity index (χ1v) is 9.91. The van der Waals surface area contributed by atoms with Crippen molar-refractivity contribution in [1.82, 2.24) is 4.98 Å². The van der Waals surface area contributed by atoms with Gasteiger partial charge in [0.15, 0.2) is 5.78 Å². The van der Waals surface area contributed by atoms with Crippen molar-refractivity contribution in [3.05, 3.63) is 58.6 Å². The number of aryl methyl sites for hydroxylation is 1. The number of carbonyl (C=O) groups is 1. The molecule has 0 spiro atoms. The van der Waals surface area contributed by atoms with Crippen molar-refractivity contribution in [3.63, 3.8) is 0 Å². The van der Waals surface area contributed by atoms with Crippen LogP contribution in [0.5, 0.6) is 5.88 Å². The van der Waals surface area contributed by atoms with Gasteiger partial charge in [-0.05, 0) is 81.1 Å². The minimum atomic E-state index is -0.688. The second-order valence-electron chi connectivity index (χ2n) is 8.13. The van der Waals surface area contributed by atoms with Gasteiger partial charge in [0.2, 0.25) is 5.88 Å². The summed E-state index contributed by atoms with van der Waals surface area (Å²) in [6, 6.07) is 13.4. The summed E-state index contributed by atoms with van der Waals surface area (Å²) < 4.78 is 11.5. The van der Waals surface area contributed by atoms with E-state index in [1.165, 1.54) is 0 Å². The number of aromatic nitrogens is 1. The molecule has 152 valence electrons. The second-order valence-corrected chi connectivity index (χ2v) is 8.57. The van der Waals surface area contributed by atoms with E-state index in [1.54, 1.807) is 14.0 Å². The topological polar surface area (TPSA) is 48.4 Å². The number of halogens is 1. The number of benzene rings is 2. The molecule has 29 heavy (non-hydrogen) atoms. The highest BCUT2D eigenvalue weighted by Crippen LogP contribution is 2.41. The summed E-state index contributed by atoms with van der Waals surface area (Å²) in [5.41, 5.74) is 3.99. The predicted molar refractivity (Wildman–Crippen MR) is 118 cm³/mol. The molecule has 3 rings (SSSR count). The normalized spacial score (nSPS) is 12.8. The highest BCUT2D eigenvalue weighted by Gasteiger charge is 2.29. The predicted octanol–water partition coefficient (Wildman–Crippen LogP) is 6.32. The maximum atomic E-state index is 12.7. The molecule has 5 heteroatoms. The fourth-order valence-corrected chi connectivity index (χ4v) is 3.61. The molecule has 0 unspecified atom stereocenters. The third-order valence-corrected chi connectivity index (χ3v) is 4.91. The van der Waals surface area contributed by atoms with Gasteiger partial charge in [0.25, 0.3) is 0 Å². The van der Waals surface area contributed by atoms with Crippen molar-refractivity contribution in [1.29, 1.82) is 0 Å². The summed E-state index contributed by atoms with van der Waals surface area (Å²) in [4.78, 5) is 17.3. The molecular formula is C24H26ClNO3. The van der Waals surface area contributed by atoms with Gasteiger partial charge in [-0.25, -0.2) is 4.98 Å². The van der Waals surface area contributed by atoms with Crippen molar-refractivity contribution < 1.29 is 14.3 Å². The molecule has 0 saturated carbocycles. The summed E-state index contributed by atoms with van der Waals surface area (Å²) in [7, 11) is 1.60. The molecule has 0 aliphatic rings. The maximum Gasteiger partial charge on any atom is 0.213 e. The Balaban J connectivity index is 2.38. The summed E-state index contributed by atoms with van der Waals surface area (Å²) in [5.74, 6) is 0.500. The van der Waals surface area contributed by atoms with E-state index >= 15 is 0 Å². The van der Waals surface area contributed by atoms with Crippen molar-refractivity contribution in [2.45, 2.75) is 46.3 Å². The molecule has 0 aliphatic heterocycles. The van der Waals surface area contributed by atoms with Crippen LogP contribution < -0.4 is 4.74 Å². The van der Waals surface area contributed by atoms with Crippen LogP contribution in [-0.4, -0.2) is 23.5 Å². The van der Waals surface area contributed by atoms with Crippen molar-refractivity contribution in [2.24, 2.45) is 0 Å². The fraction of sp³-hybridized carbons (Fsp3) is 0.333. The molecular weight excluding hydrogens is 386 g/mol. The molecule has 0 bridgehead atoms. The van der Waals surface area contributed by atoms with Crippen molar-refractivity contribution >= 4 is 28.3 Å². The number of hydrogen-bond acceptors (Lipinski definition) is 4. The van der Waals surface area contributed by atoms with Gasteiger partial charge in [-0.2, -0.15) is 0 Å². The van der Waals surface area contributed by atoms with E-state index in [0.717, 1.165) is 33.2 Å². The number of hydrogen-bond donors (Lipinski definition) is 0. The van der Waals surface area contributed by atoms with E-state index in [0.29, 0.717) is 10.9 Å². The van der Waals surface area contributed by atoms with Crippen LogP contribution >= 0.6 is 11.6 Å². The summed E-state index contributed by atoms with van der Waals surface area (Å²) in [5, 5.41) is 1.58. The number of Topliss-reactive ketones (excluding diaryl/α,β-unsaturated/α-hetero) is 1. The molecule has 2 aromatic carbocycles. The Bertz CT molecular complexity index is 1050. The number of carbonyl (C=O) groups excluding carboxylic acids is 1. The van der Waals surface area contributed by atoms with E-state index in [9.17, 15) is 4.79 Å². The average molecular weight is 412 g/mol. The van der Waals surface area contributed by atoms with Gasteiger partial charge < -0.3 is 9.47 Å². The smallest absolute Gasteiger partial charge is 0.213 e. The highest BCUT2D eigenvalue weighted by molar-refractivity contribution is 6.30. The molecule has 3 aromatic rings. The number of ketones is 1. The molecule has 0 aliphatic carbocycles. The molecule has 0 saturated heterocycles. The Morgan fingerprint density at radius 1 is 1.10 bits per heavy atom. The molecule has 1 heterocycles. The minimum Gasteiger partial charge on any atom is -0.481 e. The fourth-order valence-electron chi connectivity index (χ4n) is 3.48. The van der Waals surface area contributed by atoms with Crippen LogP contribution in [0.3, 0.4) is 0 Å². The lowest BCUT2D eigenvalue weighted by atomic mass is 9.87. The molecule has 0 fully saturated rings. The lowest BCUT2D eigenvalue weighted by molar-refractivity contribution is -0.138. The van der Waals surface area contributed by atoms with E-state index in [2.05, 4.69) is 4.98 Å². The average Bonchev–Trinajstić information content (AvgIpc) is 2.64. The molecule has 4 nitrogen and oxygen atoms in total. The highest BCUT2D eigenvalue weighted by atomic mass is 35.5. The van der Waals surface area contributed by atoms with E-state index < -0.39 is 11.7 Å². The Morgan fingerprint density at radius 2 is 1.76 bits per heavy atom. The molecule has 0 amide bonds. The lowest BCUT2D eigenvalue weighted by Crippen LogP contribution is -2.27. The van der Waals surface area contributed by atoms with Crippen molar-refractivity contribution in [2.75, 3.05) is 7.11 Å². The molecule has 1 aromatic heterocycles. The zero-order chi connectivity index (χ0) is 21.3. The molecule has 0 N–H and O–H groups in total. The van der Waals surface area contributed by atoms with Gasteiger partial charge in [-0.15, -0.1) is 0 Å². The Labute approximate surface area is 176 Å². The third-order valence-electron chi connectivity index (χ3n) is 4.66. The number of nitrogens with zero attached hydrogens (tertiary/aromatic N) is 1. The summed E-state index contributed by atoms with van der Waals surface area (Å²) in [6.45, 7) is 9.41. The van der Waals surface area contributed by atoms with Crippen LogP contribution in [-0.2, 0) is 9.53 Å². The van der Waals surface area contributed by atoms with Gasteiger partial charge in [-0.1, -0.05) is 23.7 Å². The number of rotatable bonds is 5. The van der Waals surface area contributed by atoms with E-state index in [1.807, 2.05) is 70.2 Å². The van der Waals surface area contributed by atoms with Crippen LogP contribution in [0.4, 0.5) is 0 Å². The first-order valence-electron chi connectivity index (χ1n) is 9.53. The molecule has 1 atom stereocenters.